The largest absolute Gasteiger partial charge is 0.372 e. The Kier molecular flexibility index (Phi) is 7.10. The number of rotatable bonds is 7. The number of aryl methyl sites for hydroxylation is 1. The summed E-state index contributed by atoms with van der Waals surface area (Å²) in [6.45, 7) is 7.67. The number of morpholine rings is 1. The van der Waals surface area contributed by atoms with Gasteiger partial charge in [-0.1, -0.05) is 44.7 Å². The van der Waals surface area contributed by atoms with Crippen molar-refractivity contribution in [3.05, 3.63) is 35.4 Å². The summed E-state index contributed by atoms with van der Waals surface area (Å²) in [5.74, 6) is 0.139. The first-order valence-corrected chi connectivity index (χ1v) is 9.13. The molecule has 0 unspecified atom stereocenters. The van der Waals surface area contributed by atoms with Crippen molar-refractivity contribution in [1.82, 2.24) is 4.90 Å². The zero-order chi connectivity index (χ0) is 16.7. The fourth-order valence-corrected chi connectivity index (χ4v) is 3.32. The zero-order valence-electron chi connectivity index (χ0n) is 14.9. The van der Waals surface area contributed by atoms with Crippen LogP contribution in [0.15, 0.2) is 24.3 Å². The van der Waals surface area contributed by atoms with Crippen molar-refractivity contribution in [1.29, 1.82) is 0 Å². The fourth-order valence-electron chi connectivity index (χ4n) is 3.32. The monoisotopic (exact) mass is 317 g/mol. The van der Waals surface area contributed by atoms with Crippen LogP contribution >= 0.6 is 0 Å². The second-order valence-electron chi connectivity index (χ2n) is 6.83. The van der Waals surface area contributed by atoms with Crippen LogP contribution in [0.5, 0.6) is 0 Å². The lowest BCUT2D eigenvalue weighted by molar-refractivity contribution is -0.0586. The van der Waals surface area contributed by atoms with E-state index in [0.717, 1.165) is 12.0 Å². The summed E-state index contributed by atoms with van der Waals surface area (Å²) in [7, 11) is 0. The van der Waals surface area contributed by atoms with E-state index in [2.05, 4.69) is 19.1 Å². The van der Waals surface area contributed by atoms with Gasteiger partial charge in [-0.3, -0.25) is 4.79 Å². The molecule has 0 spiro atoms. The Labute approximate surface area is 141 Å². The lowest BCUT2D eigenvalue weighted by Crippen LogP contribution is -2.48. The van der Waals surface area contributed by atoms with Gasteiger partial charge in [0.1, 0.15) is 0 Å². The summed E-state index contributed by atoms with van der Waals surface area (Å²) < 4.78 is 5.72. The number of carbonyl (C=O) groups is 1. The SMILES string of the molecule is CCCCCCCc1cccc(C(=O)N2C[C@@H](C)O[C@@H](C)C2)c1. The van der Waals surface area contributed by atoms with Crippen LogP contribution in [0.25, 0.3) is 0 Å². The van der Waals surface area contributed by atoms with Gasteiger partial charge in [0.2, 0.25) is 0 Å². The molecule has 3 heteroatoms. The number of hydrogen-bond donors (Lipinski definition) is 0. The smallest absolute Gasteiger partial charge is 0.254 e. The number of hydrogen-bond acceptors (Lipinski definition) is 2. The predicted octanol–water partition coefficient (Wildman–Crippen LogP) is 4.45. The average Bonchev–Trinajstić information content (AvgIpc) is 2.53. The van der Waals surface area contributed by atoms with Crippen molar-refractivity contribution < 1.29 is 9.53 Å². The van der Waals surface area contributed by atoms with Crippen molar-refractivity contribution in [2.45, 2.75) is 71.5 Å². The number of amides is 1. The highest BCUT2D eigenvalue weighted by atomic mass is 16.5. The molecule has 0 aromatic heterocycles. The third-order valence-corrected chi connectivity index (χ3v) is 4.45. The standard InChI is InChI=1S/C20H31NO2/c1-4-5-6-7-8-10-18-11-9-12-19(13-18)20(22)21-14-16(2)23-17(3)15-21/h9,11-13,16-17H,4-8,10,14-15H2,1-3H3/t16-,17+. The number of ether oxygens (including phenoxy) is 1. The Bertz CT molecular complexity index is 490. The van der Waals surface area contributed by atoms with E-state index >= 15 is 0 Å². The van der Waals surface area contributed by atoms with Gasteiger partial charge in [0.15, 0.2) is 0 Å². The number of nitrogens with zero attached hydrogens (tertiary/aromatic N) is 1. The van der Waals surface area contributed by atoms with Crippen LogP contribution in [0.4, 0.5) is 0 Å². The van der Waals surface area contributed by atoms with Gasteiger partial charge in [0, 0.05) is 18.7 Å². The van der Waals surface area contributed by atoms with E-state index in [0.29, 0.717) is 13.1 Å². The summed E-state index contributed by atoms with van der Waals surface area (Å²) >= 11 is 0. The highest BCUT2D eigenvalue weighted by Gasteiger charge is 2.26. The second-order valence-corrected chi connectivity index (χ2v) is 6.83. The summed E-state index contributed by atoms with van der Waals surface area (Å²) in [5.41, 5.74) is 2.10. The highest BCUT2D eigenvalue weighted by Crippen LogP contribution is 2.16. The first kappa shape index (κ1) is 18.0. The molecule has 0 aliphatic carbocycles. The van der Waals surface area contributed by atoms with Crippen LogP contribution in [0.2, 0.25) is 0 Å². The van der Waals surface area contributed by atoms with E-state index in [1.807, 2.05) is 30.9 Å². The molecular weight excluding hydrogens is 286 g/mol. The van der Waals surface area contributed by atoms with Crippen LogP contribution < -0.4 is 0 Å². The van der Waals surface area contributed by atoms with E-state index in [-0.39, 0.29) is 18.1 Å². The summed E-state index contributed by atoms with van der Waals surface area (Å²) in [5, 5.41) is 0. The minimum atomic E-state index is 0.115. The Morgan fingerprint density at radius 1 is 1.13 bits per heavy atom. The molecular formula is C20H31NO2. The third kappa shape index (κ3) is 5.65. The molecule has 0 bridgehead atoms. The van der Waals surface area contributed by atoms with Gasteiger partial charge in [-0.15, -0.1) is 0 Å². The summed E-state index contributed by atoms with van der Waals surface area (Å²) in [4.78, 5) is 14.7. The van der Waals surface area contributed by atoms with E-state index in [1.165, 1.54) is 37.7 Å². The first-order chi connectivity index (χ1) is 11.1. The Hall–Kier alpha value is -1.35. The molecule has 1 fully saturated rings. The minimum absolute atomic E-state index is 0.115. The maximum absolute atomic E-state index is 12.7. The molecule has 1 amide bonds. The van der Waals surface area contributed by atoms with E-state index < -0.39 is 0 Å². The van der Waals surface area contributed by atoms with Gasteiger partial charge in [-0.25, -0.2) is 0 Å². The molecule has 128 valence electrons. The highest BCUT2D eigenvalue weighted by molar-refractivity contribution is 5.94. The lowest BCUT2D eigenvalue weighted by atomic mass is 10.0. The van der Waals surface area contributed by atoms with Crippen LogP contribution in [-0.2, 0) is 11.2 Å². The van der Waals surface area contributed by atoms with Crippen molar-refractivity contribution in [3.8, 4) is 0 Å². The average molecular weight is 317 g/mol. The molecule has 1 saturated heterocycles. The Balaban J connectivity index is 1.91. The van der Waals surface area contributed by atoms with Crippen LogP contribution in [0, 0.1) is 0 Å². The maximum atomic E-state index is 12.7. The molecule has 1 aliphatic rings. The fraction of sp³-hybridized carbons (Fsp3) is 0.650. The van der Waals surface area contributed by atoms with Gasteiger partial charge in [-0.05, 0) is 44.4 Å². The van der Waals surface area contributed by atoms with Crippen molar-refractivity contribution in [2.24, 2.45) is 0 Å². The van der Waals surface area contributed by atoms with Gasteiger partial charge in [-0.2, -0.15) is 0 Å². The lowest BCUT2D eigenvalue weighted by Gasteiger charge is -2.35. The molecule has 2 atom stereocenters. The molecule has 1 aliphatic heterocycles. The van der Waals surface area contributed by atoms with Gasteiger partial charge >= 0.3 is 0 Å². The van der Waals surface area contributed by atoms with Gasteiger partial charge < -0.3 is 9.64 Å². The quantitative estimate of drug-likeness (QED) is 0.695. The second kappa shape index (κ2) is 9.07. The molecule has 1 aromatic carbocycles. The maximum Gasteiger partial charge on any atom is 0.254 e. The molecule has 0 N–H and O–H groups in total. The topological polar surface area (TPSA) is 29.5 Å². The van der Waals surface area contributed by atoms with Crippen LogP contribution in [0.3, 0.4) is 0 Å². The molecule has 1 aromatic rings. The Morgan fingerprint density at radius 2 is 1.83 bits per heavy atom. The van der Waals surface area contributed by atoms with E-state index in [9.17, 15) is 4.79 Å². The predicted molar refractivity (Wildman–Crippen MR) is 94.8 cm³/mol. The molecule has 1 heterocycles. The first-order valence-electron chi connectivity index (χ1n) is 9.13. The number of carbonyl (C=O) groups excluding carboxylic acids is 1. The van der Waals surface area contributed by atoms with Crippen LogP contribution in [0.1, 0.15) is 68.8 Å². The minimum Gasteiger partial charge on any atom is -0.372 e. The van der Waals surface area contributed by atoms with Gasteiger partial charge in [0.05, 0.1) is 12.2 Å². The van der Waals surface area contributed by atoms with Gasteiger partial charge in [0.25, 0.3) is 5.91 Å². The van der Waals surface area contributed by atoms with Crippen molar-refractivity contribution in [3.63, 3.8) is 0 Å². The van der Waals surface area contributed by atoms with Crippen LogP contribution in [-0.4, -0.2) is 36.1 Å². The summed E-state index contributed by atoms with van der Waals surface area (Å²) in [6.07, 6.45) is 7.72. The summed E-state index contributed by atoms with van der Waals surface area (Å²) in [6, 6.07) is 8.17. The molecule has 0 radical (unpaired) electrons. The third-order valence-electron chi connectivity index (χ3n) is 4.45. The molecule has 23 heavy (non-hydrogen) atoms. The Morgan fingerprint density at radius 3 is 2.52 bits per heavy atom. The van der Waals surface area contributed by atoms with Crippen molar-refractivity contribution >= 4 is 5.91 Å². The van der Waals surface area contributed by atoms with E-state index in [4.69, 9.17) is 4.74 Å². The zero-order valence-corrected chi connectivity index (χ0v) is 14.9. The molecule has 0 saturated carbocycles. The molecule has 3 nitrogen and oxygen atoms in total. The number of benzene rings is 1. The van der Waals surface area contributed by atoms with E-state index in [1.54, 1.807) is 0 Å². The normalized spacial score (nSPS) is 21.4. The van der Waals surface area contributed by atoms with Crippen molar-refractivity contribution in [2.75, 3.05) is 13.1 Å². The number of unbranched alkanes of at least 4 members (excludes halogenated alkanes) is 4. The molecule has 2 rings (SSSR count).